The first-order chi connectivity index (χ1) is 14.6. The number of anilines is 1. The van der Waals surface area contributed by atoms with E-state index < -0.39 is 0 Å². The number of benzene rings is 1. The Bertz CT molecular complexity index is 1300. The fourth-order valence-electron chi connectivity index (χ4n) is 4.57. The van der Waals surface area contributed by atoms with E-state index in [1.807, 2.05) is 12.1 Å². The van der Waals surface area contributed by atoms with Crippen molar-refractivity contribution in [2.24, 2.45) is 18.9 Å². The average molecular weight is 424 g/mol. The van der Waals surface area contributed by atoms with E-state index in [1.54, 1.807) is 17.9 Å². The highest BCUT2D eigenvalue weighted by atomic mass is 35.5. The molecule has 30 heavy (non-hydrogen) atoms. The van der Waals surface area contributed by atoms with Crippen molar-refractivity contribution < 1.29 is 4.52 Å². The van der Waals surface area contributed by atoms with Crippen molar-refractivity contribution in [1.29, 1.82) is 0 Å². The zero-order chi connectivity index (χ0) is 20.4. The second-order valence-electron chi connectivity index (χ2n) is 7.99. The molecule has 6 rings (SSSR count). The second-order valence-corrected chi connectivity index (χ2v) is 8.42. The Morgan fingerprint density at radius 1 is 1.13 bits per heavy atom. The summed E-state index contributed by atoms with van der Waals surface area (Å²) in [6.07, 6.45) is 3.05. The van der Waals surface area contributed by atoms with Gasteiger partial charge in [0.05, 0.1) is 6.33 Å². The largest absolute Gasteiger partial charge is 0.371 e. The molecular weight excluding hydrogens is 406 g/mol. The molecule has 10 heteroatoms. The summed E-state index contributed by atoms with van der Waals surface area (Å²) in [5.74, 6) is 2.52. The molecule has 1 aliphatic carbocycles. The lowest BCUT2D eigenvalue weighted by Crippen LogP contribution is -2.23. The number of piperidine rings is 1. The first kappa shape index (κ1) is 17.6. The molecular formula is C20H18ClN7O2. The van der Waals surface area contributed by atoms with E-state index in [1.165, 1.54) is 16.6 Å². The van der Waals surface area contributed by atoms with Crippen molar-refractivity contribution in [3.05, 3.63) is 64.0 Å². The van der Waals surface area contributed by atoms with E-state index in [-0.39, 0.29) is 12.1 Å². The Kier molecular flexibility index (Phi) is 3.76. The van der Waals surface area contributed by atoms with Crippen LogP contribution >= 0.6 is 11.6 Å². The average Bonchev–Trinajstić information content (AvgIpc) is 3.16. The van der Waals surface area contributed by atoms with E-state index in [4.69, 9.17) is 16.1 Å². The van der Waals surface area contributed by atoms with Crippen molar-refractivity contribution in [2.45, 2.75) is 12.5 Å². The molecule has 2 aliphatic rings. The van der Waals surface area contributed by atoms with Crippen LogP contribution in [-0.4, -0.2) is 42.3 Å². The molecule has 0 amide bonds. The summed E-state index contributed by atoms with van der Waals surface area (Å²) in [4.78, 5) is 28.0. The quantitative estimate of drug-likeness (QED) is 0.495. The third-order valence-electron chi connectivity index (χ3n) is 6.17. The monoisotopic (exact) mass is 423 g/mol. The number of aryl methyl sites for hydroxylation is 1. The molecule has 1 saturated heterocycles. The molecule has 0 bridgehead atoms. The number of rotatable bonds is 4. The van der Waals surface area contributed by atoms with Crippen LogP contribution in [0.1, 0.15) is 17.6 Å². The molecule has 0 spiro atoms. The SMILES string of the molecule is Cn1cnc2ncn(Cc3nc(C4[C@H]5CN(c6ccc(Cl)cc6)C[C@@H]45)no3)c(=O)c21. The molecule has 2 fully saturated rings. The number of hydrogen-bond acceptors (Lipinski definition) is 7. The summed E-state index contributed by atoms with van der Waals surface area (Å²) < 4.78 is 8.57. The van der Waals surface area contributed by atoms with Crippen LogP contribution in [0.15, 0.2) is 46.2 Å². The minimum Gasteiger partial charge on any atom is -0.371 e. The minimum absolute atomic E-state index is 0.179. The first-order valence-electron chi connectivity index (χ1n) is 9.78. The molecule has 1 unspecified atom stereocenters. The normalized spacial score (nSPS) is 22.6. The van der Waals surface area contributed by atoms with E-state index in [0.29, 0.717) is 34.8 Å². The third-order valence-corrected chi connectivity index (χ3v) is 6.43. The molecule has 4 heterocycles. The Labute approximate surface area is 175 Å². The highest BCUT2D eigenvalue weighted by Gasteiger charge is 2.58. The summed E-state index contributed by atoms with van der Waals surface area (Å²) in [5.41, 5.74) is 1.90. The number of imidazole rings is 1. The summed E-state index contributed by atoms with van der Waals surface area (Å²) in [7, 11) is 1.77. The van der Waals surface area contributed by atoms with E-state index in [0.717, 1.165) is 23.9 Å². The van der Waals surface area contributed by atoms with Crippen LogP contribution in [-0.2, 0) is 13.6 Å². The molecule has 152 valence electrons. The van der Waals surface area contributed by atoms with Gasteiger partial charge in [-0.1, -0.05) is 16.8 Å². The number of aromatic nitrogens is 6. The lowest BCUT2D eigenvalue weighted by molar-refractivity contribution is 0.363. The van der Waals surface area contributed by atoms with E-state index in [2.05, 4.69) is 37.1 Å². The smallest absolute Gasteiger partial charge is 0.280 e. The fourth-order valence-corrected chi connectivity index (χ4v) is 4.70. The molecule has 4 aromatic rings. The number of nitrogens with zero attached hydrogens (tertiary/aromatic N) is 7. The van der Waals surface area contributed by atoms with Gasteiger partial charge in [-0.3, -0.25) is 9.36 Å². The Morgan fingerprint density at radius 2 is 1.87 bits per heavy atom. The zero-order valence-electron chi connectivity index (χ0n) is 16.1. The summed E-state index contributed by atoms with van der Waals surface area (Å²) >= 11 is 5.98. The van der Waals surface area contributed by atoms with Gasteiger partial charge in [-0.2, -0.15) is 4.98 Å². The van der Waals surface area contributed by atoms with Gasteiger partial charge in [-0.15, -0.1) is 0 Å². The molecule has 1 aliphatic heterocycles. The van der Waals surface area contributed by atoms with Gasteiger partial charge in [0.15, 0.2) is 17.0 Å². The molecule has 1 aromatic carbocycles. The van der Waals surface area contributed by atoms with Gasteiger partial charge in [0.1, 0.15) is 12.9 Å². The number of fused-ring (bicyclic) bond motifs is 2. The van der Waals surface area contributed by atoms with Gasteiger partial charge in [0.25, 0.3) is 5.56 Å². The van der Waals surface area contributed by atoms with Crippen LogP contribution in [0.5, 0.6) is 0 Å². The predicted octanol–water partition coefficient (Wildman–Crippen LogP) is 2.06. The minimum atomic E-state index is -0.179. The van der Waals surface area contributed by atoms with Crippen LogP contribution in [0.25, 0.3) is 11.2 Å². The van der Waals surface area contributed by atoms with Crippen molar-refractivity contribution in [2.75, 3.05) is 18.0 Å². The molecule has 0 radical (unpaired) electrons. The lowest BCUT2D eigenvalue weighted by atomic mass is 10.2. The van der Waals surface area contributed by atoms with Gasteiger partial charge in [0.2, 0.25) is 5.89 Å². The summed E-state index contributed by atoms with van der Waals surface area (Å²) in [6, 6.07) is 7.95. The van der Waals surface area contributed by atoms with Crippen molar-refractivity contribution in [3.63, 3.8) is 0 Å². The van der Waals surface area contributed by atoms with Crippen LogP contribution in [0.4, 0.5) is 5.69 Å². The van der Waals surface area contributed by atoms with Crippen molar-refractivity contribution in [1.82, 2.24) is 29.2 Å². The maximum Gasteiger partial charge on any atom is 0.280 e. The molecule has 3 atom stereocenters. The van der Waals surface area contributed by atoms with Gasteiger partial charge in [-0.05, 0) is 36.1 Å². The Hall–Kier alpha value is -3.20. The highest BCUT2D eigenvalue weighted by Crippen LogP contribution is 2.57. The summed E-state index contributed by atoms with van der Waals surface area (Å²) in [5, 5.41) is 4.94. The highest BCUT2D eigenvalue weighted by molar-refractivity contribution is 6.30. The standard InChI is InChI=1S/C20H18ClN7O2/c1-26-9-22-19-17(26)20(29)28(10-23-19)8-15-24-18(25-30-15)16-13-6-27(7-14(13)16)12-4-2-11(21)3-5-12/h2-5,9-10,13-14,16H,6-8H2,1H3/t13-,14+,16?. The van der Waals surface area contributed by atoms with Crippen molar-refractivity contribution >= 4 is 28.5 Å². The van der Waals surface area contributed by atoms with Crippen molar-refractivity contribution in [3.8, 4) is 0 Å². The fraction of sp³-hybridized carbons (Fsp3) is 0.350. The number of halogens is 1. The van der Waals surface area contributed by atoms with Gasteiger partial charge in [-0.25, -0.2) is 9.97 Å². The first-order valence-corrected chi connectivity index (χ1v) is 10.2. The Morgan fingerprint density at radius 3 is 2.63 bits per heavy atom. The summed E-state index contributed by atoms with van der Waals surface area (Å²) in [6.45, 7) is 2.14. The molecule has 0 N–H and O–H groups in total. The lowest BCUT2D eigenvalue weighted by Gasteiger charge is -2.21. The van der Waals surface area contributed by atoms with Gasteiger partial charge >= 0.3 is 0 Å². The molecule has 9 nitrogen and oxygen atoms in total. The topological polar surface area (TPSA) is 94.9 Å². The van der Waals surface area contributed by atoms with E-state index >= 15 is 0 Å². The molecule has 1 saturated carbocycles. The maximum atomic E-state index is 12.7. The Balaban J connectivity index is 1.16. The second kappa shape index (κ2) is 6.40. The van der Waals surface area contributed by atoms with Gasteiger partial charge < -0.3 is 14.0 Å². The van der Waals surface area contributed by atoms with Crippen LogP contribution in [0, 0.1) is 11.8 Å². The molecule has 3 aromatic heterocycles. The zero-order valence-corrected chi connectivity index (χ0v) is 16.9. The maximum absolute atomic E-state index is 12.7. The third kappa shape index (κ3) is 2.72. The van der Waals surface area contributed by atoms with Gasteiger partial charge in [0, 0.05) is 36.8 Å². The number of hydrogen-bond donors (Lipinski definition) is 0. The van der Waals surface area contributed by atoms with Crippen LogP contribution in [0.3, 0.4) is 0 Å². The predicted molar refractivity (Wildman–Crippen MR) is 110 cm³/mol. The van der Waals surface area contributed by atoms with E-state index in [9.17, 15) is 4.79 Å². The van der Waals surface area contributed by atoms with Crippen LogP contribution in [0.2, 0.25) is 5.02 Å². The van der Waals surface area contributed by atoms with Crippen LogP contribution < -0.4 is 10.5 Å².